The second kappa shape index (κ2) is 6.29. The molecule has 0 spiro atoms. The third-order valence-electron chi connectivity index (χ3n) is 3.98. The molecule has 4 nitrogen and oxygen atoms in total. The van der Waals surface area contributed by atoms with Gasteiger partial charge in [-0.15, -0.1) is 0 Å². The van der Waals surface area contributed by atoms with Crippen LogP contribution in [0, 0.1) is 0 Å². The highest BCUT2D eigenvalue weighted by Crippen LogP contribution is 2.59. The topological polar surface area (TPSA) is 66.8 Å². The van der Waals surface area contributed by atoms with Crippen LogP contribution in [-0.2, 0) is 9.53 Å². The average Bonchev–Trinajstić information content (AvgIpc) is 2.51. The minimum Gasteiger partial charge on any atom is -0.425 e. The van der Waals surface area contributed by atoms with Crippen LogP contribution in [0.15, 0.2) is 12.7 Å². The number of aliphatic hydroxyl groups is 2. The Balaban J connectivity index is 3.73. The minimum absolute atomic E-state index is 0.154. The van der Waals surface area contributed by atoms with E-state index in [1.165, 1.54) is 0 Å². The van der Waals surface area contributed by atoms with E-state index < -0.39 is 67.0 Å². The van der Waals surface area contributed by atoms with Gasteiger partial charge in [-0.3, -0.25) is 0 Å². The average molecular weight is 404 g/mol. The molecule has 1 aliphatic carbocycles. The predicted octanol–water partition coefficient (Wildman–Crippen LogP) is 2.48. The largest absolute Gasteiger partial charge is 0.425 e. The zero-order chi connectivity index (χ0) is 20.8. The SMILES string of the molecule is C=CC(=O)OC1(F)CC(O)(F)C(F)(F)C(O)(CF)C(F)(F)C(F)(CF)C1. The highest BCUT2D eigenvalue weighted by molar-refractivity contribution is 5.81. The molecular weight excluding hydrogens is 391 g/mol. The molecule has 152 valence electrons. The summed E-state index contributed by atoms with van der Waals surface area (Å²) in [4.78, 5) is 11.0. The normalized spacial score (nSPS) is 42.4. The van der Waals surface area contributed by atoms with Crippen LogP contribution in [0.1, 0.15) is 12.8 Å². The molecule has 0 bridgehead atoms. The first-order valence-corrected chi connectivity index (χ1v) is 6.74. The van der Waals surface area contributed by atoms with E-state index in [4.69, 9.17) is 5.11 Å². The summed E-state index contributed by atoms with van der Waals surface area (Å²) in [6, 6.07) is 0. The lowest BCUT2D eigenvalue weighted by molar-refractivity contribution is -0.411. The summed E-state index contributed by atoms with van der Waals surface area (Å²) in [6.07, 6.45) is -5.23. The van der Waals surface area contributed by atoms with Gasteiger partial charge in [0.2, 0.25) is 11.3 Å². The molecule has 0 aromatic rings. The molecule has 4 atom stereocenters. The zero-order valence-electron chi connectivity index (χ0n) is 12.7. The van der Waals surface area contributed by atoms with Crippen molar-refractivity contribution < 1.29 is 59.3 Å². The van der Waals surface area contributed by atoms with Crippen molar-refractivity contribution in [2.45, 2.75) is 47.7 Å². The van der Waals surface area contributed by atoms with Crippen molar-refractivity contribution >= 4 is 5.97 Å². The number of halogens is 9. The van der Waals surface area contributed by atoms with E-state index in [1.807, 2.05) is 0 Å². The van der Waals surface area contributed by atoms with Crippen molar-refractivity contribution in [1.29, 1.82) is 0 Å². The van der Waals surface area contributed by atoms with Gasteiger partial charge in [0.05, 0.1) is 12.8 Å². The van der Waals surface area contributed by atoms with Crippen LogP contribution in [0.2, 0.25) is 0 Å². The number of hydrogen-bond donors (Lipinski definition) is 2. The Morgan fingerprint density at radius 3 is 1.85 bits per heavy atom. The van der Waals surface area contributed by atoms with Gasteiger partial charge in [-0.25, -0.2) is 22.4 Å². The molecule has 0 aromatic heterocycles. The van der Waals surface area contributed by atoms with E-state index in [0.717, 1.165) is 0 Å². The molecule has 0 amide bonds. The molecule has 4 unspecified atom stereocenters. The molecule has 0 radical (unpaired) electrons. The van der Waals surface area contributed by atoms with E-state index >= 15 is 0 Å². The first-order valence-electron chi connectivity index (χ1n) is 6.74. The van der Waals surface area contributed by atoms with Gasteiger partial charge >= 0.3 is 17.8 Å². The fourth-order valence-electron chi connectivity index (χ4n) is 2.53. The van der Waals surface area contributed by atoms with Crippen LogP contribution in [0.25, 0.3) is 0 Å². The maximum Gasteiger partial charge on any atom is 0.342 e. The number of rotatable bonds is 4. The second-order valence-corrected chi connectivity index (χ2v) is 5.86. The van der Waals surface area contributed by atoms with Crippen LogP contribution in [0.3, 0.4) is 0 Å². The van der Waals surface area contributed by atoms with E-state index in [9.17, 15) is 49.4 Å². The van der Waals surface area contributed by atoms with Gasteiger partial charge in [0.15, 0.2) is 0 Å². The van der Waals surface area contributed by atoms with E-state index in [2.05, 4.69) is 11.3 Å². The molecule has 0 saturated heterocycles. The second-order valence-electron chi connectivity index (χ2n) is 5.86. The smallest absolute Gasteiger partial charge is 0.342 e. The molecule has 0 heterocycles. The summed E-state index contributed by atoms with van der Waals surface area (Å²) in [6.45, 7) is -3.46. The zero-order valence-corrected chi connectivity index (χ0v) is 12.7. The lowest BCUT2D eigenvalue weighted by Crippen LogP contribution is -2.77. The summed E-state index contributed by atoms with van der Waals surface area (Å²) in [5.41, 5.74) is -10.7. The summed E-state index contributed by atoms with van der Waals surface area (Å²) >= 11 is 0. The Morgan fingerprint density at radius 1 is 0.962 bits per heavy atom. The van der Waals surface area contributed by atoms with Crippen molar-refractivity contribution in [1.82, 2.24) is 0 Å². The van der Waals surface area contributed by atoms with E-state index in [1.54, 1.807) is 0 Å². The molecule has 13 heteroatoms. The number of esters is 1. The third kappa shape index (κ3) is 2.94. The summed E-state index contributed by atoms with van der Waals surface area (Å²) in [7, 11) is 0. The van der Waals surface area contributed by atoms with Crippen LogP contribution in [-0.4, -0.2) is 64.4 Å². The van der Waals surface area contributed by atoms with Crippen LogP contribution in [0.5, 0.6) is 0 Å². The maximum absolute atomic E-state index is 14.5. The molecule has 1 saturated carbocycles. The van der Waals surface area contributed by atoms with Gasteiger partial charge in [0.1, 0.15) is 13.3 Å². The van der Waals surface area contributed by atoms with Crippen molar-refractivity contribution in [3.05, 3.63) is 12.7 Å². The summed E-state index contributed by atoms with van der Waals surface area (Å²) < 4.78 is 129. The highest BCUT2D eigenvalue weighted by Gasteiger charge is 2.84. The van der Waals surface area contributed by atoms with Gasteiger partial charge in [0.25, 0.3) is 11.7 Å². The van der Waals surface area contributed by atoms with E-state index in [-0.39, 0.29) is 6.08 Å². The Morgan fingerprint density at radius 2 is 1.46 bits per heavy atom. The van der Waals surface area contributed by atoms with Crippen molar-refractivity contribution in [3.63, 3.8) is 0 Å². The van der Waals surface area contributed by atoms with Gasteiger partial charge in [-0.1, -0.05) is 6.58 Å². The first-order chi connectivity index (χ1) is 11.5. The monoisotopic (exact) mass is 404 g/mol. The third-order valence-corrected chi connectivity index (χ3v) is 3.98. The molecule has 26 heavy (non-hydrogen) atoms. The number of alkyl halides is 9. The van der Waals surface area contributed by atoms with Crippen LogP contribution >= 0.6 is 0 Å². The Bertz CT molecular complexity index is 584. The van der Waals surface area contributed by atoms with Gasteiger partial charge in [-0.05, 0) is 0 Å². The number of ether oxygens (including phenoxy) is 1. The molecule has 2 N–H and O–H groups in total. The number of carbonyl (C=O) groups is 1. The first kappa shape index (κ1) is 22.5. The Hall–Kier alpha value is -1.50. The van der Waals surface area contributed by atoms with Crippen molar-refractivity contribution in [2.75, 3.05) is 13.3 Å². The molecule has 0 aliphatic heterocycles. The summed E-state index contributed by atoms with van der Waals surface area (Å²) in [5.74, 6) is -24.2. The molecule has 0 aromatic carbocycles. The molecule has 1 fully saturated rings. The Kier molecular flexibility index (Phi) is 5.45. The predicted molar refractivity (Wildman–Crippen MR) is 66.1 cm³/mol. The molecule has 1 rings (SSSR count). The van der Waals surface area contributed by atoms with Crippen LogP contribution in [0.4, 0.5) is 39.5 Å². The fourth-order valence-corrected chi connectivity index (χ4v) is 2.53. The minimum atomic E-state index is -6.26. The number of hydrogen-bond acceptors (Lipinski definition) is 4. The molecule has 1 aliphatic rings. The Labute approximate surface area is 140 Å². The fraction of sp³-hybridized carbons (Fsp3) is 0.769. The molecular formula is C13H13F9O4. The van der Waals surface area contributed by atoms with Crippen molar-refractivity contribution in [3.8, 4) is 0 Å². The highest BCUT2D eigenvalue weighted by atomic mass is 19.3. The lowest BCUT2D eigenvalue weighted by Gasteiger charge is -2.51. The standard InChI is InChI=1S/C13H13F9O4/c1-2-7(23)26-9(17)3-8(16,5-14)12(19,20)10(24,6-15)13(21,22)11(18,25)4-9/h2,24-25H,1,3-6H2. The van der Waals surface area contributed by atoms with Gasteiger partial charge in [0, 0.05) is 6.08 Å². The van der Waals surface area contributed by atoms with Crippen molar-refractivity contribution in [2.24, 2.45) is 0 Å². The number of carbonyl (C=O) groups excluding carboxylic acids is 1. The quantitative estimate of drug-likeness (QED) is 0.429. The van der Waals surface area contributed by atoms with Gasteiger partial charge in [-0.2, -0.15) is 22.0 Å². The van der Waals surface area contributed by atoms with Crippen LogP contribution < -0.4 is 0 Å². The summed E-state index contributed by atoms with van der Waals surface area (Å²) in [5, 5.41) is 18.4. The maximum atomic E-state index is 14.5. The lowest BCUT2D eigenvalue weighted by atomic mass is 9.71. The van der Waals surface area contributed by atoms with E-state index in [0.29, 0.717) is 0 Å². The van der Waals surface area contributed by atoms with Gasteiger partial charge < -0.3 is 14.9 Å².